The number of nitrogens with zero attached hydrogens (tertiary/aromatic N) is 1. The van der Waals surface area contributed by atoms with Crippen molar-refractivity contribution in [2.24, 2.45) is 0 Å². The van der Waals surface area contributed by atoms with Crippen molar-refractivity contribution < 1.29 is 9.90 Å². The van der Waals surface area contributed by atoms with Crippen molar-refractivity contribution in [3.05, 3.63) is 63.6 Å². The predicted molar refractivity (Wildman–Crippen MR) is 68.5 cm³/mol. The minimum atomic E-state index is -1.21. The predicted octanol–water partition coefficient (Wildman–Crippen LogP) is 2.15. The van der Waals surface area contributed by atoms with Gasteiger partial charge in [-0.1, -0.05) is 18.2 Å². The van der Waals surface area contributed by atoms with E-state index in [1.165, 1.54) is 10.6 Å². The van der Waals surface area contributed by atoms with Crippen LogP contribution in [-0.4, -0.2) is 15.6 Å². The number of aromatic nitrogens is 1. The largest absolute Gasteiger partial charge is 0.477 e. The molecule has 0 atom stereocenters. The number of carboxylic acids is 1. The molecule has 4 heteroatoms. The lowest BCUT2D eigenvalue weighted by Crippen LogP contribution is -2.26. The summed E-state index contributed by atoms with van der Waals surface area (Å²) >= 11 is 0. The molecule has 1 aromatic carbocycles. The highest BCUT2D eigenvalue weighted by molar-refractivity contribution is 5.87. The summed E-state index contributed by atoms with van der Waals surface area (Å²) in [4.78, 5) is 23.2. The summed E-state index contributed by atoms with van der Waals surface area (Å²) in [7, 11) is 0. The van der Waals surface area contributed by atoms with Crippen LogP contribution in [0.1, 0.15) is 21.6 Å². The molecule has 1 heterocycles. The summed E-state index contributed by atoms with van der Waals surface area (Å²) in [6, 6.07) is 10.4. The highest BCUT2D eigenvalue weighted by Crippen LogP contribution is 2.13. The van der Waals surface area contributed by atoms with Crippen LogP contribution in [0, 0.1) is 13.8 Å². The molecule has 1 aromatic heterocycles. The molecule has 0 saturated carbocycles. The van der Waals surface area contributed by atoms with Gasteiger partial charge in [-0.2, -0.15) is 0 Å². The van der Waals surface area contributed by atoms with Crippen molar-refractivity contribution >= 4 is 5.97 Å². The maximum atomic E-state index is 12.2. The zero-order valence-corrected chi connectivity index (χ0v) is 10.2. The van der Waals surface area contributed by atoms with Crippen LogP contribution in [0.25, 0.3) is 5.69 Å². The summed E-state index contributed by atoms with van der Waals surface area (Å²) < 4.78 is 1.43. The van der Waals surface area contributed by atoms with E-state index in [-0.39, 0.29) is 5.56 Å². The van der Waals surface area contributed by atoms with E-state index in [1.54, 1.807) is 19.1 Å². The van der Waals surface area contributed by atoms with Crippen LogP contribution >= 0.6 is 0 Å². The monoisotopic (exact) mass is 243 g/mol. The molecule has 2 rings (SSSR count). The van der Waals surface area contributed by atoms with E-state index in [9.17, 15) is 9.59 Å². The van der Waals surface area contributed by atoms with E-state index in [0.717, 1.165) is 5.56 Å². The normalized spacial score (nSPS) is 10.3. The number of carboxylic acid groups (broad SMARTS) is 1. The Bertz CT molecular complexity index is 671. The molecule has 0 radical (unpaired) electrons. The van der Waals surface area contributed by atoms with Crippen LogP contribution in [0.15, 0.2) is 41.2 Å². The average Bonchev–Trinajstić information content (AvgIpc) is 2.31. The number of hydrogen-bond acceptors (Lipinski definition) is 2. The van der Waals surface area contributed by atoms with Crippen molar-refractivity contribution in [2.75, 3.05) is 0 Å². The first-order valence-electron chi connectivity index (χ1n) is 5.54. The molecule has 2 aromatic rings. The molecule has 0 fully saturated rings. The fraction of sp³-hybridized carbons (Fsp3) is 0.143. The van der Waals surface area contributed by atoms with Gasteiger partial charge in [0.1, 0.15) is 5.56 Å². The lowest BCUT2D eigenvalue weighted by atomic mass is 10.1. The van der Waals surface area contributed by atoms with Gasteiger partial charge in [-0.25, -0.2) is 4.79 Å². The van der Waals surface area contributed by atoms with Gasteiger partial charge in [0.05, 0.1) is 5.69 Å². The van der Waals surface area contributed by atoms with Gasteiger partial charge in [-0.05, 0) is 37.6 Å². The zero-order valence-electron chi connectivity index (χ0n) is 10.2. The van der Waals surface area contributed by atoms with Gasteiger partial charge in [0.25, 0.3) is 5.56 Å². The van der Waals surface area contributed by atoms with E-state index in [1.807, 2.05) is 25.1 Å². The average molecular weight is 243 g/mol. The molecule has 0 bridgehead atoms. The minimum absolute atomic E-state index is 0.219. The number of pyridine rings is 1. The molecular formula is C14H13NO3. The fourth-order valence-corrected chi connectivity index (χ4v) is 1.91. The molecule has 4 nitrogen and oxygen atoms in total. The zero-order chi connectivity index (χ0) is 13.3. The molecule has 0 aliphatic rings. The van der Waals surface area contributed by atoms with Gasteiger partial charge in [0.2, 0.25) is 0 Å². The summed E-state index contributed by atoms with van der Waals surface area (Å²) in [6.45, 7) is 3.66. The number of aryl methyl sites for hydroxylation is 2. The Kier molecular flexibility index (Phi) is 3.02. The standard InChI is InChI=1S/C14H13NO3/c1-9-5-3-4-6-12(9)15-10(2)7-8-11(13(15)16)14(17)18/h3-8H,1-2H3,(H,17,18). The number of benzene rings is 1. The number of aromatic carboxylic acids is 1. The SMILES string of the molecule is Cc1ccccc1-n1c(C)ccc(C(=O)O)c1=O. The van der Waals surface area contributed by atoms with E-state index < -0.39 is 11.5 Å². The Labute approximate surface area is 104 Å². The van der Waals surface area contributed by atoms with Gasteiger partial charge in [0, 0.05) is 5.69 Å². The first-order valence-corrected chi connectivity index (χ1v) is 5.54. The fourth-order valence-electron chi connectivity index (χ4n) is 1.91. The Balaban J connectivity index is 2.80. The topological polar surface area (TPSA) is 59.3 Å². The van der Waals surface area contributed by atoms with Crippen LogP contribution in [0.4, 0.5) is 0 Å². The third-order valence-electron chi connectivity index (χ3n) is 2.86. The molecule has 0 aliphatic carbocycles. The molecule has 0 unspecified atom stereocenters. The van der Waals surface area contributed by atoms with Crippen molar-refractivity contribution in [1.82, 2.24) is 4.57 Å². The van der Waals surface area contributed by atoms with Crippen LogP contribution in [0.3, 0.4) is 0 Å². The summed E-state index contributed by atoms with van der Waals surface area (Å²) in [5, 5.41) is 8.98. The summed E-state index contributed by atoms with van der Waals surface area (Å²) in [6.07, 6.45) is 0. The maximum absolute atomic E-state index is 12.2. The molecular weight excluding hydrogens is 230 g/mol. The second kappa shape index (κ2) is 4.49. The smallest absolute Gasteiger partial charge is 0.341 e. The van der Waals surface area contributed by atoms with Crippen molar-refractivity contribution in [1.29, 1.82) is 0 Å². The van der Waals surface area contributed by atoms with Crippen LogP contribution < -0.4 is 5.56 Å². The molecule has 1 N–H and O–H groups in total. The Morgan fingerprint density at radius 1 is 1.11 bits per heavy atom. The molecule has 0 saturated heterocycles. The first-order chi connectivity index (χ1) is 8.52. The Morgan fingerprint density at radius 3 is 2.39 bits per heavy atom. The highest BCUT2D eigenvalue weighted by atomic mass is 16.4. The van der Waals surface area contributed by atoms with Gasteiger partial charge in [-0.3, -0.25) is 9.36 Å². The van der Waals surface area contributed by atoms with Crippen molar-refractivity contribution in [3.8, 4) is 5.69 Å². The highest BCUT2D eigenvalue weighted by Gasteiger charge is 2.14. The molecule has 18 heavy (non-hydrogen) atoms. The first kappa shape index (κ1) is 12.1. The van der Waals surface area contributed by atoms with Gasteiger partial charge in [0.15, 0.2) is 0 Å². The van der Waals surface area contributed by atoms with Gasteiger partial charge < -0.3 is 5.11 Å². The lowest BCUT2D eigenvalue weighted by Gasteiger charge is -2.13. The number of carbonyl (C=O) groups is 1. The van der Waals surface area contributed by atoms with E-state index in [4.69, 9.17) is 5.11 Å². The Morgan fingerprint density at radius 2 is 1.78 bits per heavy atom. The third-order valence-corrected chi connectivity index (χ3v) is 2.86. The second-order valence-corrected chi connectivity index (χ2v) is 4.12. The minimum Gasteiger partial charge on any atom is -0.477 e. The quantitative estimate of drug-likeness (QED) is 0.879. The van der Waals surface area contributed by atoms with Crippen molar-refractivity contribution in [3.63, 3.8) is 0 Å². The number of rotatable bonds is 2. The van der Waals surface area contributed by atoms with E-state index in [0.29, 0.717) is 11.4 Å². The summed E-state index contributed by atoms with van der Waals surface area (Å²) in [5.74, 6) is -1.21. The molecule has 0 aliphatic heterocycles. The van der Waals surface area contributed by atoms with Crippen molar-refractivity contribution in [2.45, 2.75) is 13.8 Å². The number of para-hydroxylation sites is 1. The van der Waals surface area contributed by atoms with E-state index >= 15 is 0 Å². The second-order valence-electron chi connectivity index (χ2n) is 4.12. The Hall–Kier alpha value is -2.36. The third kappa shape index (κ3) is 1.93. The summed E-state index contributed by atoms with van der Waals surface area (Å²) in [5.41, 5.74) is 1.62. The maximum Gasteiger partial charge on any atom is 0.341 e. The van der Waals surface area contributed by atoms with Crippen LogP contribution in [0.5, 0.6) is 0 Å². The van der Waals surface area contributed by atoms with Gasteiger partial charge >= 0.3 is 5.97 Å². The van der Waals surface area contributed by atoms with Crippen LogP contribution in [0.2, 0.25) is 0 Å². The van der Waals surface area contributed by atoms with Gasteiger partial charge in [-0.15, -0.1) is 0 Å². The molecule has 0 amide bonds. The molecule has 92 valence electrons. The van der Waals surface area contributed by atoms with E-state index in [2.05, 4.69) is 0 Å². The number of hydrogen-bond donors (Lipinski definition) is 1. The van der Waals surface area contributed by atoms with Crippen LogP contribution in [-0.2, 0) is 0 Å². The lowest BCUT2D eigenvalue weighted by molar-refractivity contribution is 0.0694. The molecule has 0 spiro atoms.